The highest BCUT2D eigenvalue weighted by Crippen LogP contribution is 2.23. The Morgan fingerprint density at radius 1 is 1.00 bits per heavy atom. The standard InChI is InChI=1S/C20H21N5O/c1-24-9-11-25(12-10-24)19-13-18(21-14-22-19)20(26)23-17-8-4-6-15-5-2-3-7-16(15)17/h2-8,13-14H,9-12H2,1H3,(H,23,26). The second-order valence-corrected chi connectivity index (χ2v) is 6.53. The molecule has 6 heteroatoms. The lowest BCUT2D eigenvalue weighted by Crippen LogP contribution is -2.44. The maximum atomic E-state index is 12.7. The Kier molecular flexibility index (Phi) is 4.50. The normalized spacial score (nSPS) is 15.2. The Morgan fingerprint density at radius 2 is 1.77 bits per heavy atom. The van der Waals surface area contributed by atoms with E-state index in [0.29, 0.717) is 5.69 Å². The topological polar surface area (TPSA) is 61.4 Å². The number of piperazine rings is 1. The Morgan fingerprint density at radius 3 is 2.62 bits per heavy atom. The molecule has 1 N–H and O–H groups in total. The SMILES string of the molecule is CN1CCN(c2cc(C(=O)Nc3cccc4ccccc34)ncn2)CC1. The molecule has 1 aromatic heterocycles. The third-order valence-corrected chi connectivity index (χ3v) is 4.75. The molecule has 3 aromatic rings. The number of rotatable bonds is 3. The number of carbonyl (C=O) groups excluding carboxylic acids is 1. The van der Waals surface area contributed by atoms with Crippen LogP contribution in [0.5, 0.6) is 0 Å². The van der Waals surface area contributed by atoms with E-state index < -0.39 is 0 Å². The number of carbonyl (C=O) groups is 1. The van der Waals surface area contributed by atoms with Crippen molar-refractivity contribution in [3.05, 3.63) is 60.6 Å². The molecule has 2 aromatic carbocycles. The number of hydrogen-bond acceptors (Lipinski definition) is 5. The van der Waals surface area contributed by atoms with E-state index in [9.17, 15) is 4.79 Å². The Labute approximate surface area is 152 Å². The first-order valence-electron chi connectivity index (χ1n) is 8.75. The number of nitrogens with zero attached hydrogens (tertiary/aromatic N) is 4. The monoisotopic (exact) mass is 347 g/mol. The Bertz CT molecular complexity index is 929. The molecule has 26 heavy (non-hydrogen) atoms. The van der Waals surface area contributed by atoms with E-state index >= 15 is 0 Å². The van der Waals surface area contributed by atoms with Crippen molar-refractivity contribution in [2.75, 3.05) is 43.4 Å². The van der Waals surface area contributed by atoms with Gasteiger partial charge in [0.25, 0.3) is 5.91 Å². The minimum atomic E-state index is -0.223. The van der Waals surface area contributed by atoms with Gasteiger partial charge in [-0.25, -0.2) is 9.97 Å². The molecule has 0 bridgehead atoms. The van der Waals surface area contributed by atoms with Crippen molar-refractivity contribution in [2.24, 2.45) is 0 Å². The van der Waals surface area contributed by atoms with E-state index in [-0.39, 0.29) is 5.91 Å². The fraction of sp³-hybridized carbons (Fsp3) is 0.250. The van der Waals surface area contributed by atoms with Gasteiger partial charge in [0.2, 0.25) is 0 Å². The van der Waals surface area contributed by atoms with Gasteiger partial charge in [0.05, 0.1) is 0 Å². The summed E-state index contributed by atoms with van der Waals surface area (Å²) in [6.45, 7) is 3.78. The van der Waals surface area contributed by atoms with Crippen LogP contribution in [-0.4, -0.2) is 54.0 Å². The lowest BCUT2D eigenvalue weighted by molar-refractivity contribution is 0.102. The van der Waals surface area contributed by atoms with Crippen LogP contribution in [0, 0.1) is 0 Å². The molecule has 1 fully saturated rings. The second-order valence-electron chi connectivity index (χ2n) is 6.53. The van der Waals surface area contributed by atoms with Crippen LogP contribution in [0.25, 0.3) is 10.8 Å². The molecule has 1 amide bonds. The highest BCUT2D eigenvalue weighted by Gasteiger charge is 2.17. The van der Waals surface area contributed by atoms with E-state index in [2.05, 4.69) is 32.1 Å². The zero-order valence-corrected chi connectivity index (χ0v) is 14.7. The number of amides is 1. The zero-order valence-electron chi connectivity index (χ0n) is 14.7. The summed E-state index contributed by atoms with van der Waals surface area (Å²) in [6, 6.07) is 15.6. The van der Waals surface area contributed by atoms with Gasteiger partial charge in [-0.05, 0) is 18.5 Å². The number of anilines is 2. The highest BCUT2D eigenvalue weighted by molar-refractivity contribution is 6.08. The molecule has 132 valence electrons. The number of hydrogen-bond donors (Lipinski definition) is 1. The molecule has 0 atom stereocenters. The van der Waals surface area contributed by atoms with Gasteiger partial charge >= 0.3 is 0 Å². The maximum absolute atomic E-state index is 12.7. The third kappa shape index (κ3) is 3.36. The van der Waals surface area contributed by atoms with E-state index in [1.54, 1.807) is 6.07 Å². The van der Waals surface area contributed by atoms with Crippen molar-refractivity contribution >= 4 is 28.2 Å². The molecule has 1 saturated heterocycles. The maximum Gasteiger partial charge on any atom is 0.274 e. The summed E-state index contributed by atoms with van der Waals surface area (Å²) in [7, 11) is 2.11. The fourth-order valence-corrected chi connectivity index (χ4v) is 3.20. The van der Waals surface area contributed by atoms with Crippen LogP contribution in [0.1, 0.15) is 10.5 Å². The molecule has 0 spiro atoms. The molecule has 0 aliphatic carbocycles. The van der Waals surface area contributed by atoms with Gasteiger partial charge < -0.3 is 15.1 Å². The fourth-order valence-electron chi connectivity index (χ4n) is 3.20. The van der Waals surface area contributed by atoms with Crippen molar-refractivity contribution in [3.63, 3.8) is 0 Å². The first-order chi connectivity index (χ1) is 12.7. The van der Waals surface area contributed by atoms with Crippen LogP contribution in [-0.2, 0) is 0 Å². The number of aromatic nitrogens is 2. The summed E-state index contributed by atoms with van der Waals surface area (Å²) in [5, 5.41) is 5.08. The lowest BCUT2D eigenvalue weighted by atomic mass is 10.1. The molecular formula is C20H21N5O. The zero-order chi connectivity index (χ0) is 17.9. The lowest BCUT2D eigenvalue weighted by Gasteiger charge is -2.33. The summed E-state index contributed by atoms with van der Waals surface area (Å²) in [5.74, 6) is 0.579. The van der Waals surface area contributed by atoms with Crippen LogP contribution >= 0.6 is 0 Å². The van der Waals surface area contributed by atoms with Crippen LogP contribution < -0.4 is 10.2 Å². The van der Waals surface area contributed by atoms with Gasteiger partial charge in [0, 0.05) is 43.3 Å². The molecule has 1 aliphatic heterocycles. The smallest absolute Gasteiger partial charge is 0.274 e. The summed E-state index contributed by atoms with van der Waals surface area (Å²) >= 11 is 0. The largest absolute Gasteiger partial charge is 0.354 e. The van der Waals surface area contributed by atoms with E-state index in [1.165, 1.54) is 6.33 Å². The van der Waals surface area contributed by atoms with E-state index in [1.807, 2.05) is 42.5 Å². The van der Waals surface area contributed by atoms with Crippen molar-refractivity contribution in [3.8, 4) is 0 Å². The molecule has 0 unspecified atom stereocenters. The van der Waals surface area contributed by atoms with Crippen LogP contribution in [0.4, 0.5) is 11.5 Å². The average molecular weight is 347 g/mol. The minimum absolute atomic E-state index is 0.223. The third-order valence-electron chi connectivity index (χ3n) is 4.75. The Hall–Kier alpha value is -2.99. The van der Waals surface area contributed by atoms with Crippen LogP contribution in [0.3, 0.4) is 0 Å². The molecule has 0 radical (unpaired) electrons. The summed E-state index contributed by atoms with van der Waals surface area (Å²) in [5.41, 5.74) is 1.16. The molecule has 4 rings (SSSR count). The number of fused-ring (bicyclic) bond motifs is 1. The predicted octanol–water partition coefficient (Wildman–Crippen LogP) is 2.63. The van der Waals surface area contributed by atoms with Crippen LogP contribution in [0.2, 0.25) is 0 Å². The first kappa shape index (κ1) is 16.5. The van der Waals surface area contributed by atoms with Gasteiger partial charge in [-0.1, -0.05) is 36.4 Å². The number of nitrogens with one attached hydrogen (secondary N) is 1. The molecule has 1 aliphatic rings. The van der Waals surface area contributed by atoms with Crippen molar-refractivity contribution in [2.45, 2.75) is 0 Å². The first-order valence-corrected chi connectivity index (χ1v) is 8.75. The molecule has 2 heterocycles. The van der Waals surface area contributed by atoms with Gasteiger partial charge in [-0.2, -0.15) is 0 Å². The van der Waals surface area contributed by atoms with Crippen molar-refractivity contribution < 1.29 is 4.79 Å². The molecule has 0 saturated carbocycles. The van der Waals surface area contributed by atoms with Crippen LogP contribution in [0.15, 0.2) is 54.9 Å². The quantitative estimate of drug-likeness (QED) is 0.789. The van der Waals surface area contributed by atoms with Gasteiger partial charge in [0.15, 0.2) is 0 Å². The van der Waals surface area contributed by atoms with E-state index in [4.69, 9.17) is 0 Å². The minimum Gasteiger partial charge on any atom is -0.354 e. The summed E-state index contributed by atoms with van der Waals surface area (Å²) < 4.78 is 0. The molecule has 6 nitrogen and oxygen atoms in total. The van der Waals surface area contributed by atoms with Gasteiger partial charge in [0.1, 0.15) is 17.8 Å². The summed E-state index contributed by atoms with van der Waals surface area (Å²) in [6.07, 6.45) is 1.46. The van der Waals surface area contributed by atoms with E-state index in [0.717, 1.165) is 48.5 Å². The number of likely N-dealkylation sites (N-methyl/N-ethyl adjacent to an activating group) is 1. The average Bonchev–Trinajstić information content (AvgIpc) is 2.69. The second kappa shape index (κ2) is 7.09. The predicted molar refractivity (Wildman–Crippen MR) is 104 cm³/mol. The highest BCUT2D eigenvalue weighted by atomic mass is 16.1. The Balaban J connectivity index is 1.56. The number of benzene rings is 2. The van der Waals surface area contributed by atoms with Gasteiger partial charge in [-0.3, -0.25) is 4.79 Å². The van der Waals surface area contributed by atoms with Crippen molar-refractivity contribution in [1.29, 1.82) is 0 Å². The van der Waals surface area contributed by atoms with Gasteiger partial charge in [-0.15, -0.1) is 0 Å². The summed E-state index contributed by atoms with van der Waals surface area (Å²) in [4.78, 5) is 25.7. The molecular weight excluding hydrogens is 326 g/mol. The van der Waals surface area contributed by atoms with Crippen molar-refractivity contribution in [1.82, 2.24) is 14.9 Å².